The van der Waals surface area contributed by atoms with Gasteiger partial charge >= 0.3 is 5.97 Å². The van der Waals surface area contributed by atoms with Crippen LogP contribution in [0.4, 0.5) is 10.1 Å². The molecule has 3 atom stereocenters. The second kappa shape index (κ2) is 10.5. The van der Waals surface area contributed by atoms with Crippen LogP contribution in [0.1, 0.15) is 31.1 Å². The predicted octanol–water partition coefficient (Wildman–Crippen LogP) is 4.11. The molecule has 1 fully saturated rings. The first-order valence-electron chi connectivity index (χ1n) is 10.3. The van der Waals surface area contributed by atoms with E-state index in [0.29, 0.717) is 13.1 Å². The van der Waals surface area contributed by atoms with Crippen molar-refractivity contribution in [3.8, 4) is 0 Å². The highest BCUT2D eigenvalue weighted by atomic mass is 35.5. The van der Waals surface area contributed by atoms with Gasteiger partial charge in [-0.25, -0.2) is 17.6 Å². The van der Waals surface area contributed by atoms with Gasteiger partial charge in [-0.2, -0.15) is 0 Å². The summed E-state index contributed by atoms with van der Waals surface area (Å²) in [4.78, 5) is 26.6. The molecule has 1 N–H and O–H groups in total. The predicted molar refractivity (Wildman–Crippen MR) is 125 cm³/mol. The van der Waals surface area contributed by atoms with Crippen LogP contribution in [0.25, 0.3) is 0 Å². The first-order valence-corrected chi connectivity index (χ1v) is 12.5. The summed E-state index contributed by atoms with van der Waals surface area (Å²) in [6.07, 6.45) is -1.47. The Morgan fingerprint density at radius 1 is 1.12 bits per heavy atom. The lowest BCUT2D eigenvalue weighted by Crippen LogP contribution is -2.51. The standard InChI is InChI=1S/C22H23Cl2FN2O6S/c1-12-10-27(11-13(2)32-12)21(28)14(3)33-22(29)17-8-20(19(24)9-18(17)23)34(30,31)26-16-6-4-15(25)5-7-16/h4-9,12-14,26H,10-11H2,1-3H3/t12-,13-,14-/m0/s1. The van der Waals surface area contributed by atoms with E-state index in [1.165, 1.54) is 19.1 Å². The number of sulfonamides is 1. The molecule has 8 nitrogen and oxygen atoms in total. The van der Waals surface area contributed by atoms with Gasteiger partial charge in [-0.05, 0) is 57.2 Å². The lowest BCUT2D eigenvalue weighted by molar-refractivity contribution is -0.151. The van der Waals surface area contributed by atoms with Crippen LogP contribution in [0.2, 0.25) is 10.0 Å². The molecule has 2 aromatic rings. The number of carbonyl (C=O) groups is 2. The molecule has 0 bridgehead atoms. The maximum Gasteiger partial charge on any atom is 0.340 e. The maximum atomic E-state index is 13.1. The van der Waals surface area contributed by atoms with Gasteiger partial charge in [-0.3, -0.25) is 9.52 Å². The summed E-state index contributed by atoms with van der Waals surface area (Å²) in [6, 6.07) is 6.68. The second-order valence-corrected chi connectivity index (χ2v) is 10.4. The van der Waals surface area contributed by atoms with Gasteiger partial charge in [-0.15, -0.1) is 0 Å². The fraction of sp³-hybridized carbons (Fsp3) is 0.364. The van der Waals surface area contributed by atoms with Gasteiger partial charge in [0.2, 0.25) is 0 Å². The molecule has 0 unspecified atom stereocenters. The van der Waals surface area contributed by atoms with E-state index in [4.69, 9.17) is 32.7 Å². The zero-order chi connectivity index (χ0) is 25.2. The van der Waals surface area contributed by atoms with Crippen LogP contribution in [-0.2, 0) is 24.3 Å². The minimum Gasteiger partial charge on any atom is -0.449 e. The van der Waals surface area contributed by atoms with Crippen molar-refractivity contribution in [3.63, 3.8) is 0 Å². The number of ether oxygens (including phenoxy) is 2. The molecule has 0 aliphatic carbocycles. The molecule has 0 saturated carbocycles. The molecule has 0 radical (unpaired) electrons. The minimum atomic E-state index is -4.26. The molecule has 1 heterocycles. The summed E-state index contributed by atoms with van der Waals surface area (Å²) >= 11 is 12.2. The van der Waals surface area contributed by atoms with Crippen molar-refractivity contribution in [2.45, 2.75) is 44.0 Å². The first-order chi connectivity index (χ1) is 15.9. The van der Waals surface area contributed by atoms with Crippen molar-refractivity contribution in [1.82, 2.24) is 4.90 Å². The maximum absolute atomic E-state index is 13.1. The molecule has 0 aromatic heterocycles. The van der Waals surface area contributed by atoms with Crippen LogP contribution >= 0.6 is 23.2 Å². The van der Waals surface area contributed by atoms with E-state index in [1.54, 1.807) is 4.90 Å². The number of nitrogens with zero attached hydrogens (tertiary/aromatic N) is 1. The average Bonchev–Trinajstić information content (AvgIpc) is 2.73. The molecule has 1 aliphatic heterocycles. The Morgan fingerprint density at radius 2 is 1.71 bits per heavy atom. The number of halogens is 3. The number of esters is 1. The number of anilines is 1. The summed E-state index contributed by atoms with van der Waals surface area (Å²) < 4.78 is 51.9. The van der Waals surface area contributed by atoms with E-state index in [0.717, 1.165) is 24.3 Å². The van der Waals surface area contributed by atoms with Crippen molar-refractivity contribution in [1.29, 1.82) is 0 Å². The molecule has 12 heteroatoms. The van der Waals surface area contributed by atoms with Gasteiger partial charge < -0.3 is 14.4 Å². The quantitative estimate of drug-likeness (QED) is 0.561. The summed E-state index contributed by atoms with van der Waals surface area (Å²) in [5.41, 5.74) is -0.196. The molecule has 3 rings (SSSR count). The van der Waals surface area contributed by atoms with Gasteiger partial charge in [0.25, 0.3) is 15.9 Å². The van der Waals surface area contributed by atoms with E-state index < -0.39 is 38.7 Å². The highest BCUT2D eigenvalue weighted by Crippen LogP contribution is 2.31. The largest absolute Gasteiger partial charge is 0.449 e. The van der Waals surface area contributed by atoms with Crippen molar-refractivity contribution in [2.75, 3.05) is 17.8 Å². The average molecular weight is 533 g/mol. The first kappa shape index (κ1) is 26.2. The Kier molecular flexibility index (Phi) is 8.07. The molecule has 184 valence electrons. The van der Waals surface area contributed by atoms with Crippen molar-refractivity contribution in [2.24, 2.45) is 0 Å². The van der Waals surface area contributed by atoms with Gasteiger partial charge in [0, 0.05) is 18.8 Å². The lowest BCUT2D eigenvalue weighted by atomic mass is 10.2. The van der Waals surface area contributed by atoms with Gasteiger partial charge in [0.1, 0.15) is 10.7 Å². The topological polar surface area (TPSA) is 102 Å². The Hall–Kier alpha value is -2.40. The van der Waals surface area contributed by atoms with Crippen LogP contribution in [0.3, 0.4) is 0 Å². The third kappa shape index (κ3) is 6.18. The Balaban J connectivity index is 1.80. The molecule has 0 spiro atoms. The van der Waals surface area contributed by atoms with Gasteiger partial charge in [-0.1, -0.05) is 23.2 Å². The number of amides is 1. The number of hydrogen-bond acceptors (Lipinski definition) is 6. The van der Waals surface area contributed by atoms with Crippen LogP contribution in [0.5, 0.6) is 0 Å². The van der Waals surface area contributed by atoms with E-state index in [1.807, 2.05) is 13.8 Å². The van der Waals surface area contributed by atoms with Crippen LogP contribution in [0.15, 0.2) is 41.3 Å². The SMILES string of the molecule is C[C@H](OC(=O)c1cc(S(=O)(=O)Nc2ccc(F)cc2)c(Cl)cc1Cl)C(=O)N1C[C@H](C)O[C@@H](C)C1. The number of morpholine rings is 1. The highest BCUT2D eigenvalue weighted by molar-refractivity contribution is 7.92. The summed E-state index contributed by atoms with van der Waals surface area (Å²) in [6.45, 7) is 5.79. The zero-order valence-corrected chi connectivity index (χ0v) is 20.9. The second-order valence-electron chi connectivity index (χ2n) is 7.92. The van der Waals surface area contributed by atoms with E-state index in [9.17, 15) is 22.4 Å². The molecule has 34 heavy (non-hydrogen) atoms. The third-order valence-electron chi connectivity index (χ3n) is 4.99. The highest BCUT2D eigenvalue weighted by Gasteiger charge is 2.31. The van der Waals surface area contributed by atoms with E-state index in [-0.39, 0.29) is 33.5 Å². The number of carbonyl (C=O) groups excluding carboxylic acids is 2. The number of hydrogen-bond donors (Lipinski definition) is 1. The van der Waals surface area contributed by atoms with Gasteiger partial charge in [0.15, 0.2) is 6.10 Å². The van der Waals surface area contributed by atoms with E-state index >= 15 is 0 Å². The molecule has 1 saturated heterocycles. The number of nitrogens with one attached hydrogen (secondary N) is 1. The smallest absolute Gasteiger partial charge is 0.340 e. The van der Waals surface area contributed by atoms with Gasteiger partial charge in [0.05, 0.1) is 27.8 Å². The Morgan fingerprint density at radius 3 is 2.29 bits per heavy atom. The van der Waals surface area contributed by atoms with Crippen LogP contribution < -0.4 is 4.72 Å². The normalized spacial score (nSPS) is 19.4. The lowest BCUT2D eigenvalue weighted by Gasteiger charge is -2.36. The zero-order valence-electron chi connectivity index (χ0n) is 18.5. The summed E-state index contributed by atoms with van der Waals surface area (Å²) in [5, 5.41) is -0.388. The fourth-order valence-electron chi connectivity index (χ4n) is 3.51. The molecular formula is C22H23Cl2FN2O6S. The molecule has 1 aliphatic rings. The number of rotatable bonds is 6. The fourth-order valence-corrected chi connectivity index (χ4v) is 5.42. The monoisotopic (exact) mass is 532 g/mol. The summed E-state index contributed by atoms with van der Waals surface area (Å²) in [7, 11) is -4.26. The van der Waals surface area contributed by atoms with Crippen molar-refractivity contribution < 1.29 is 31.9 Å². The molecule has 1 amide bonds. The van der Waals surface area contributed by atoms with Crippen molar-refractivity contribution >= 4 is 50.8 Å². The molecular weight excluding hydrogens is 510 g/mol. The third-order valence-corrected chi connectivity index (χ3v) is 7.15. The molecule has 2 aromatic carbocycles. The Labute approximate surface area is 207 Å². The van der Waals surface area contributed by atoms with E-state index in [2.05, 4.69) is 4.72 Å². The van der Waals surface area contributed by atoms with Crippen molar-refractivity contribution in [3.05, 3.63) is 57.8 Å². The Bertz CT molecular complexity index is 1180. The van der Waals surface area contributed by atoms with Crippen LogP contribution in [0, 0.1) is 5.82 Å². The summed E-state index contributed by atoms with van der Waals surface area (Å²) in [5.74, 6) is -1.94. The van der Waals surface area contributed by atoms with Crippen LogP contribution in [-0.4, -0.2) is 56.6 Å². The minimum absolute atomic E-state index is 0.0877. The number of benzene rings is 2.